The second-order valence-corrected chi connectivity index (χ2v) is 8.82. The van der Waals surface area contributed by atoms with Crippen LogP contribution in [0.15, 0.2) is 66.2 Å². The fourth-order valence-electron chi connectivity index (χ4n) is 4.29. The smallest absolute Gasteiger partial charge is 0.177 e. The van der Waals surface area contributed by atoms with Gasteiger partial charge in [0.15, 0.2) is 5.78 Å². The van der Waals surface area contributed by atoms with Crippen LogP contribution in [0.5, 0.6) is 0 Å². The average Bonchev–Trinajstić information content (AvgIpc) is 3.26. The van der Waals surface area contributed by atoms with Crippen LogP contribution in [0, 0.1) is 22.6 Å². The highest BCUT2D eigenvalue weighted by Crippen LogP contribution is 2.39. The number of ketones is 1. The van der Waals surface area contributed by atoms with Crippen LogP contribution in [-0.2, 0) is 4.79 Å². The first kappa shape index (κ1) is 21.7. The molecule has 0 aromatic heterocycles. The molecule has 1 unspecified atom stereocenters. The number of Topliss-reactive ketones (excluding diaryl/α,β-unsaturated/α-hetero) is 1. The summed E-state index contributed by atoms with van der Waals surface area (Å²) in [6.07, 6.45) is 5.94. The summed E-state index contributed by atoms with van der Waals surface area (Å²) in [7, 11) is 0. The highest BCUT2D eigenvalue weighted by atomic mass is 19.1. The van der Waals surface area contributed by atoms with Gasteiger partial charge in [-0.25, -0.2) is 4.39 Å². The molecule has 2 aliphatic heterocycles. The molecular formula is C27H26FN3O. The number of allylic oxidation sites excluding steroid dienone is 2. The van der Waals surface area contributed by atoms with E-state index in [4.69, 9.17) is 5.26 Å². The second-order valence-electron chi connectivity index (χ2n) is 8.82. The molecule has 162 valence electrons. The number of benzene rings is 2. The zero-order valence-corrected chi connectivity index (χ0v) is 18.4. The van der Waals surface area contributed by atoms with Crippen molar-refractivity contribution in [1.82, 2.24) is 0 Å². The molecule has 0 amide bonds. The summed E-state index contributed by atoms with van der Waals surface area (Å²) in [5, 5.41) is 9.01. The average molecular weight is 428 g/mol. The molecule has 0 spiro atoms. The van der Waals surface area contributed by atoms with Crippen molar-refractivity contribution in [3.63, 3.8) is 0 Å². The van der Waals surface area contributed by atoms with Crippen LogP contribution < -0.4 is 4.90 Å². The van der Waals surface area contributed by atoms with Crippen LogP contribution in [0.3, 0.4) is 0 Å². The maximum Gasteiger partial charge on any atom is 0.177 e. The number of anilines is 1. The Kier molecular flexibility index (Phi) is 5.80. The fourth-order valence-corrected chi connectivity index (χ4v) is 4.29. The zero-order chi connectivity index (χ0) is 22.9. The monoisotopic (exact) mass is 427 g/mol. The normalized spacial score (nSPS) is 19.7. The van der Waals surface area contributed by atoms with Crippen molar-refractivity contribution in [2.24, 2.45) is 10.4 Å². The number of aliphatic imine (C=N–C) groups is 1. The van der Waals surface area contributed by atoms with E-state index < -0.39 is 5.82 Å². The van der Waals surface area contributed by atoms with Gasteiger partial charge in [-0.1, -0.05) is 31.2 Å². The molecule has 4 nitrogen and oxygen atoms in total. The maximum absolute atomic E-state index is 14.3. The molecule has 0 aliphatic carbocycles. The van der Waals surface area contributed by atoms with Gasteiger partial charge in [0.05, 0.1) is 5.56 Å². The lowest BCUT2D eigenvalue weighted by Gasteiger charge is -2.38. The third-order valence-electron chi connectivity index (χ3n) is 6.61. The number of carbonyl (C=O) groups is 1. The van der Waals surface area contributed by atoms with Crippen molar-refractivity contribution in [2.75, 3.05) is 18.0 Å². The van der Waals surface area contributed by atoms with Crippen LogP contribution in [0.2, 0.25) is 0 Å². The molecule has 0 radical (unpaired) electrons. The SMILES string of the molecule is C=CC1(C)CCN(c2ccc(C3N=C(C(C)=O)C=C3c3ccc(C#N)c(F)c3)cc2)CC1. The highest BCUT2D eigenvalue weighted by molar-refractivity contribution is 6.45. The van der Waals surface area contributed by atoms with Gasteiger partial charge in [0.2, 0.25) is 0 Å². The van der Waals surface area contributed by atoms with E-state index in [1.807, 2.05) is 18.2 Å². The van der Waals surface area contributed by atoms with Gasteiger partial charge in [0.1, 0.15) is 23.6 Å². The number of nitrogens with zero attached hydrogens (tertiary/aromatic N) is 3. The van der Waals surface area contributed by atoms with Crippen molar-refractivity contribution in [1.29, 1.82) is 5.26 Å². The van der Waals surface area contributed by atoms with E-state index in [2.05, 4.69) is 41.6 Å². The fraction of sp³-hybridized carbons (Fsp3) is 0.296. The molecule has 2 aliphatic rings. The summed E-state index contributed by atoms with van der Waals surface area (Å²) in [6, 6.07) is 14.2. The molecule has 0 saturated carbocycles. The van der Waals surface area contributed by atoms with E-state index in [0.29, 0.717) is 11.3 Å². The molecule has 2 aromatic rings. The van der Waals surface area contributed by atoms with E-state index in [1.165, 1.54) is 19.1 Å². The number of hydrogen-bond acceptors (Lipinski definition) is 4. The van der Waals surface area contributed by atoms with E-state index in [-0.39, 0.29) is 22.8 Å². The number of nitriles is 1. The Hall–Kier alpha value is -3.52. The van der Waals surface area contributed by atoms with Crippen LogP contribution in [0.1, 0.15) is 49.4 Å². The second kappa shape index (κ2) is 8.55. The molecule has 1 atom stereocenters. The van der Waals surface area contributed by atoms with Gasteiger partial charge in [-0.05, 0) is 65.3 Å². The summed E-state index contributed by atoms with van der Waals surface area (Å²) >= 11 is 0. The molecule has 2 heterocycles. The van der Waals surface area contributed by atoms with Crippen LogP contribution in [-0.4, -0.2) is 24.6 Å². The van der Waals surface area contributed by atoms with Crippen LogP contribution >= 0.6 is 0 Å². The van der Waals surface area contributed by atoms with Gasteiger partial charge in [-0.3, -0.25) is 9.79 Å². The standard InChI is InChI=1S/C27H26FN3O/c1-4-27(3)11-13-31(14-12-27)22-9-7-19(8-10-22)26-23(16-25(30-26)18(2)32)20-5-6-21(17-29)24(28)15-20/h4-10,15-16,26H,1,11-14H2,2-3H3. The van der Waals surface area contributed by atoms with Crippen molar-refractivity contribution in [2.45, 2.75) is 32.7 Å². The molecule has 2 aromatic carbocycles. The Labute approximate surface area is 188 Å². The molecule has 32 heavy (non-hydrogen) atoms. The lowest BCUT2D eigenvalue weighted by molar-refractivity contribution is -0.111. The van der Waals surface area contributed by atoms with Gasteiger partial charge in [0.25, 0.3) is 0 Å². The Morgan fingerprint density at radius 2 is 1.94 bits per heavy atom. The molecular weight excluding hydrogens is 401 g/mol. The lowest BCUT2D eigenvalue weighted by Crippen LogP contribution is -2.37. The minimum Gasteiger partial charge on any atom is -0.371 e. The summed E-state index contributed by atoms with van der Waals surface area (Å²) < 4.78 is 14.3. The first-order valence-electron chi connectivity index (χ1n) is 10.8. The lowest BCUT2D eigenvalue weighted by atomic mass is 9.80. The van der Waals surface area contributed by atoms with E-state index >= 15 is 0 Å². The topological polar surface area (TPSA) is 56.5 Å². The van der Waals surface area contributed by atoms with Gasteiger partial charge < -0.3 is 4.90 Å². The van der Waals surface area contributed by atoms with E-state index in [1.54, 1.807) is 12.1 Å². The van der Waals surface area contributed by atoms with Crippen molar-refractivity contribution < 1.29 is 9.18 Å². The maximum atomic E-state index is 14.3. The summed E-state index contributed by atoms with van der Waals surface area (Å²) in [5.74, 6) is -0.706. The van der Waals surface area contributed by atoms with Gasteiger partial charge in [-0.15, -0.1) is 6.58 Å². The predicted octanol–water partition coefficient (Wildman–Crippen LogP) is 5.66. The van der Waals surface area contributed by atoms with Crippen LogP contribution in [0.4, 0.5) is 10.1 Å². The van der Waals surface area contributed by atoms with Crippen LogP contribution in [0.25, 0.3) is 5.57 Å². The number of halogens is 1. The Bertz CT molecular complexity index is 1160. The van der Waals surface area contributed by atoms with Crippen molar-refractivity contribution >= 4 is 22.8 Å². The first-order valence-corrected chi connectivity index (χ1v) is 10.8. The van der Waals surface area contributed by atoms with Crippen molar-refractivity contribution in [3.8, 4) is 6.07 Å². The molecule has 1 fully saturated rings. The largest absolute Gasteiger partial charge is 0.371 e. The minimum absolute atomic E-state index is 0.00459. The summed E-state index contributed by atoms with van der Waals surface area (Å²) in [6.45, 7) is 9.67. The zero-order valence-electron chi connectivity index (χ0n) is 18.4. The Morgan fingerprint density at radius 1 is 1.25 bits per heavy atom. The number of piperidine rings is 1. The number of carbonyl (C=O) groups excluding carboxylic acids is 1. The quantitative estimate of drug-likeness (QED) is 0.579. The van der Waals surface area contributed by atoms with E-state index in [0.717, 1.165) is 42.8 Å². The van der Waals surface area contributed by atoms with Gasteiger partial charge in [0, 0.05) is 25.7 Å². The molecule has 0 N–H and O–H groups in total. The first-order chi connectivity index (χ1) is 15.3. The van der Waals surface area contributed by atoms with E-state index in [9.17, 15) is 9.18 Å². The molecule has 5 heteroatoms. The Morgan fingerprint density at radius 3 is 2.50 bits per heavy atom. The summed E-state index contributed by atoms with van der Waals surface area (Å²) in [4.78, 5) is 19.0. The number of hydrogen-bond donors (Lipinski definition) is 0. The van der Waals surface area contributed by atoms with Crippen molar-refractivity contribution in [3.05, 3.63) is 83.7 Å². The third-order valence-corrected chi connectivity index (χ3v) is 6.61. The minimum atomic E-state index is -0.576. The summed E-state index contributed by atoms with van der Waals surface area (Å²) in [5.41, 5.74) is 4.04. The molecule has 0 bridgehead atoms. The predicted molar refractivity (Wildman–Crippen MR) is 126 cm³/mol. The third kappa shape index (κ3) is 4.13. The highest BCUT2D eigenvalue weighted by Gasteiger charge is 2.28. The van der Waals surface area contributed by atoms with Gasteiger partial charge in [-0.2, -0.15) is 5.26 Å². The van der Waals surface area contributed by atoms with Gasteiger partial charge >= 0.3 is 0 Å². The molecule has 1 saturated heterocycles. The Balaban J connectivity index is 1.60. The number of rotatable bonds is 5. The molecule has 4 rings (SSSR count).